The molecule has 188 valence electrons. The third-order valence-electron chi connectivity index (χ3n) is 12.8. The highest BCUT2D eigenvalue weighted by Gasteiger charge is 2.72. The van der Waals surface area contributed by atoms with Crippen LogP contribution in [0.15, 0.2) is 24.0 Å². The van der Waals surface area contributed by atoms with Crippen molar-refractivity contribution in [1.82, 2.24) is 0 Å². The van der Waals surface area contributed by atoms with Crippen LogP contribution in [0.3, 0.4) is 0 Å². The summed E-state index contributed by atoms with van der Waals surface area (Å²) in [6, 6.07) is 0. The van der Waals surface area contributed by atoms with E-state index in [2.05, 4.69) is 34.3 Å². The number of hydrogen-bond donors (Lipinski definition) is 2. The van der Waals surface area contributed by atoms with Crippen LogP contribution in [-0.4, -0.2) is 22.0 Å². The maximum Gasteiger partial charge on any atom is 0.309 e. The van der Waals surface area contributed by atoms with E-state index in [1.807, 2.05) is 19.9 Å². The van der Waals surface area contributed by atoms with Gasteiger partial charge in [0.25, 0.3) is 0 Å². The number of aliphatic carboxylic acids is 1. The maximum atomic E-state index is 12.9. The van der Waals surface area contributed by atoms with Crippen molar-refractivity contribution in [2.75, 3.05) is 0 Å². The molecular weight excluding hydrogens is 424 g/mol. The van der Waals surface area contributed by atoms with Crippen molar-refractivity contribution in [3.63, 3.8) is 0 Å². The number of hydrogen-bond acceptors (Lipinski definition) is 3. The predicted molar refractivity (Wildman–Crippen MR) is 133 cm³/mol. The Hall–Kier alpha value is -1.58. The van der Waals surface area contributed by atoms with E-state index in [-0.39, 0.29) is 39.6 Å². The lowest BCUT2D eigenvalue weighted by Gasteiger charge is -2.71. The lowest BCUT2D eigenvalue weighted by Crippen LogP contribution is -2.66. The molecule has 2 N–H and O–H groups in total. The fraction of sp³-hybridized carbons (Fsp3) is 0.800. The molecule has 0 aromatic heterocycles. The Morgan fingerprint density at radius 3 is 2.24 bits per heavy atom. The topological polar surface area (TPSA) is 74.6 Å². The molecule has 0 unspecified atom stereocenters. The third-order valence-corrected chi connectivity index (χ3v) is 12.8. The number of carbonyl (C=O) groups is 2. The number of allylic oxidation sites excluding steroid dienone is 3. The zero-order valence-corrected chi connectivity index (χ0v) is 22.0. The molecule has 0 aromatic rings. The van der Waals surface area contributed by atoms with Gasteiger partial charge in [0.1, 0.15) is 0 Å². The van der Waals surface area contributed by atoms with Gasteiger partial charge in [0.05, 0.1) is 5.41 Å². The Labute approximate surface area is 205 Å². The summed E-state index contributed by atoms with van der Waals surface area (Å²) in [4.78, 5) is 25.7. The van der Waals surface area contributed by atoms with E-state index in [9.17, 15) is 19.8 Å². The zero-order valence-electron chi connectivity index (χ0n) is 22.0. The van der Waals surface area contributed by atoms with Gasteiger partial charge in [-0.1, -0.05) is 46.8 Å². The second-order valence-electron chi connectivity index (χ2n) is 14.1. The van der Waals surface area contributed by atoms with Crippen LogP contribution in [0, 0.1) is 56.7 Å². The Balaban J connectivity index is 1.61. The van der Waals surface area contributed by atoms with Crippen molar-refractivity contribution in [3.8, 4) is 0 Å². The van der Waals surface area contributed by atoms with Crippen LogP contribution >= 0.6 is 0 Å². The van der Waals surface area contributed by atoms with Gasteiger partial charge >= 0.3 is 5.97 Å². The first-order valence-electron chi connectivity index (χ1n) is 13.5. The van der Waals surface area contributed by atoms with E-state index in [0.29, 0.717) is 17.8 Å². The maximum absolute atomic E-state index is 12.9. The van der Waals surface area contributed by atoms with Gasteiger partial charge in [-0.05, 0) is 110 Å². The Morgan fingerprint density at radius 2 is 1.62 bits per heavy atom. The van der Waals surface area contributed by atoms with E-state index in [4.69, 9.17) is 0 Å². The third kappa shape index (κ3) is 2.61. The summed E-state index contributed by atoms with van der Waals surface area (Å²) < 4.78 is 0. The molecule has 5 aliphatic rings. The monoisotopic (exact) mass is 468 g/mol. The number of carboxylic acids is 1. The van der Waals surface area contributed by atoms with E-state index in [1.165, 1.54) is 0 Å². The second-order valence-corrected chi connectivity index (χ2v) is 14.1. The van der Waals surface area contributed by atoms with E-state index in [1.54, 1.807) is 0 Å². The molecule has 0 spiro atoms. The molecule has 4 fully saturated rings. The van der Waals surface area contributed by atoms with Gasteiger partial charge in [0, 0.05) is 5.41 Å². The van der Waals surface area contributed by atoms with E-state index < -0.39 is 16.8 Å². The molecule has 4 saturated carbocycles. The minimum Gasteiger partial charge on any atom is -0.505 e. The van der Waals surface area contributed by atoms with Crippen LogP contribution in [0.1, 0.15) is 92.9 Å². The summed E-state index contributed by atoms with van der Waals surface area (Å²) in [5.41, 5.74) is -0.153. The van der Waals surface area contributed by atoms with Crippen LogP contribution in [-0.2, 0) is 9.59 Å². The van der Waals surface area contributed by atoms with E-state index >= 15 is 0 Å². The molecule has 5 rings (SSSR count). The largest absolute Gasteiger partial charge is 0.505 e. The van der Waals surface area contributed by atoms with Crippen molar-refractivity contribution < 1.29 is 19.8 Å². The number of fused-ring (bicyclic) bond motifs is 7. The number of carbonyl (C=O) groups excluding carboxylic acids is 1. The standard InChI is InChI=1S/C30H44O4/c1-17(2)18-10-13-30(25(33)34)15-14-28(6)19(23(18)30)8-9-22-27(5)16-20(31)24(32)26(3,4)21(27)11-12-29(22,28)7/h16,18-19,21-23,31H,1,8-15H2,2-7H3,(H,33,34)/t18-,19+,21-,22+,23+,27-,28+,29+,30-/m0/s1. The molecule has 0 bridgehead atoms. The Kier molecular flexibility index (Phi) is 4.97. The fourth-order valence-electron chi connectivity index (χ4n) is 11.0. The molecule has 4 heteroatoms. The van der Waals surface area contributed by atoms with Crippen LogP contribution in [0.2, 0.25) is 0 Å². The van der Waals surface area contributed by atoms with Gasteiger partial charge in [-0.2, -0.15) is 0 Å². The normalized spacial score (nSPS) is 51.4. The minimum absolute atomic E-state index is 0.0423. The SMILES string of the molecule is C=C(C)[C@@H]1CC[C@]2(C(=O)O)CC[C@]3(C)[C@H](CC[C@@H]4[C@@]5(C)C=C(O)C(=O)C(C)(C)[C@@H]5CC[C@]43C)[C@@H]12. The molecule has 34 heavy (non-hydrogen) atoms. The van der Waals surface area contributed by atoms with Crippen molar-refractivity contribution in [3.05, 3.63) is 24.0 Å². The lowest BCUT2D eigenvalue weighted by atomic mass is 9.33. The number of aliphatic hydroxyl groups is 1. The fourth-order valence-corrected chi connectivity index (χ4v) is 11.0. The second kappa shape index (κ2) is 7.01. The average molecular weight is 469 g/mol. The molecule has 5 aliphatic carbocycles. The molecule has 0 heterocycles. The first-order chi connectivity index (χ1) is 15.7. The summed E-state index contributed by atoms with van der Waals surface area (Å²) in [6.45, 7) is 17.7. The predicted octanol–water partition coefficient (Wildman–Crippen LogP) is 6.96. The number of Topliss-reactive ketones (excluding diaryl/α,β-unsaturated/α-hetero) is 1. The van der Waals surface area contributed by atoms with Gasteiger partial charge in [0.2, 0.25) is 5.78 Å². The van der Waals surface area contributed by atoms with Gasteiger partial charge in [0.15, 0.2) is 5.76 Å². The van der Waals surface area contributed by atoms with Gasteiger partial charge in [-0.25, -0.2) is 0 Å². The first kappa shape index (κ1) is 24.1. The Bertz CT molecular complexity index is 992. The number of aliphatic hydroxyl groups excluding tert-OH is 1. The average Bonchev–Trinajstić information content (AvgIpc) is 3.14. The molecule has 0 amide bonds. The minimum atomic E-state index is -0.602. The summed E-state index contributed by atoms with van der Waals surface area (Å²) in [6.07, 6.45) is 9.49. The van der Waals surface area contributed by atoms with Crippen molar-refractivity contribution >= 4 is 11.8 Å². The number of ketones is 1. The summed E-state index contributed by atoms with van der Waals surface area (Å²) in [5.74, 6) is 0.672. The highest BCUT2D eigenvalue weighted by Crippen LogP contribution is 2.77. The summed E-state index contributed by atoms with van der Waals surface area (Å²) in [5, 5.41) is 21.2. The quantitative estimate of drug-likeness (QED) is 0.430. The van der Waals surface area contributed by atoms with Crippen molar-refractivity contribution in [2.24, 2.45) is 56.7 Å². The Morgan fingerprint density at radius 1 is 0.941 bits per heavy atom. The van der Waals surface area contributed by atoms with Gasteiger partial charge in [-0.15, -0.1) is 0 Å². The summed E-state index contributed by atoms with van der Waals surface area (Å²) in [7, 11) is 0. The molecule has 9 atom stereocenters. The molecular formula is C30H44O4. The van der Waals surface area contributed by atoms with E-state index in [0.717, 1.165) is 56.9 Å². The van der Waals surface area contributed by atoms with Crippen LogP contribution < -0.4 is 0 Å². The van der Waals surface area contributed by atoms with Crippen molar-refractivity contribution in [1.29, 1.82) is 0 Å². The van der Waals surface area contributed by atoms with Gasteiger partial charge < -0.3 is 10.2 Å². The first-order valence-corrected chi connectivity index (χ1v) is 13.5. The summed E-state index contributed by atoms with van der Waals surface area (Å²) >= 11 is 0. The highest BCUT2D eigenvalue weighted by atomic mass is 16.4. The molecule has 4 nitrogen and oxygen atoms in total. The number of carboxylic acid groups (broad SMARTS) is 1. The molecule has 0 radical (unpaired) electrons. The van der Waals surface area contributed by atoms with Crippen LogP contribution in [0.5, 0.6) is 0 Å². The lowest BCUT2D eigenvalue weighted by molar-refractivity contribution is -0.222. The smallest absolute Gasteiger partial charge is 0.309 e. The van der Waals surface area contributed by atoms with Crippen LogP contribution in [0.4, 0.5) is 0 Å². The van der Waals surface area contributed by atoms with Crippen molar-refractivity contribution in [2.45, 2.75) is 92.9 Å². The molecule has 0 aromatic carbocycles. The molecule has 0 saturated heterocycles. The van der Waals surface area contributed by atoms with Gasteiger partial charge in [-0.3, -0.25) is 9.59 Å². The zero-order chi connectivity index (χ0) is 25.1. The number of rotatable bonds is 2. The molecule has 0 aliphatic heterocycles. The van der Waals surface area contributed by atoms with Crippen LogP contribution in [0.25, 0.3) is 0 Å². The highest BCUT2D eigenvalue weighted by molar-refractivity contribution is 5.98.